The van der Waals surface area contributed by atoms with Crippen LogP contribution in [0.15, 0.2) is 41.0 Å². The maximum absolute atomic E-state index is 11.9. The van der Waals surface area contributed by atoms with Crippen LogP contribution in [0.4, 0.5) is 5.69 Å². The molecule has 1 amide bonds. The molecule has 22 heavy (non-hydrogen) atoms. The number of amides is 1. The Balaban J connectivity index is 2.35. The van der Waals surface area contributed by atoms with Gasteiger partial charge in [-0.3, -0.25) is 9.59 Å². The van der Waals surface area contributed by atoms with E-state index in [0.717, 1.165) is 0 Å². The van der Waals surface area contributed by atoms with Gasteiger partial charge in [0.15, 0.2) is 11.5 Å². The van der Waals surface area contributed by atoms with Gasteiger partial charge in [-0.05, 0) is 30.3 Å². The van der Waals surface area contributed by atoms with Crippen molar-refractivity contribution in [2.75, 3.05) is 19.0 Å². The number of Topliss-reactive ketones (excluding diaryl/α,β-unsaturated/α-hetero) is 1. The number of esters is 1. The molecule has 0 aliphatic heterocycles. The quantitative estimate of drug-likeness (QED) is 0.639. The molecule has 114 valence electrons. The minimum atomic E-state index is -0.625. The van der Waals surface area contributed by atoms with Gasteiger partial charge in [-0.25, -0.2) is 4.79 Å². The van der Waals surface area contributed by atoms with Crippen molar-refractivity contribution in [3.05, 3.63) is 53.5 Å². The number of hydrogen-bond acceptors (Lipinski definition) is 6. The fourth-order valence-corrected chi connectivity index (χ4v) is 1.81. The number of benzene rings is 1. The van der Waals surface area contributed by atoms with E-state index in [4.69, 9.17) is 10.2 Å². The van der Waals surface area contributed by atoms with Crippen molar-refractivity contribution in [1.29, 1.82) is 0 Å². The number of methoxy groups -OCH3 is 1. The Labute approximate surface area is 126 Å². The van der Waals surface area contributed by atoms with Crippen LogP contribution in [0.5, 0.6) is 0 Å². The Morgan fingerprint density at radius 3 is 2.55 bits per heavy atom. The Bertz CT molecular complexity index is 672. The van der Waals surface area contributed by atoms with Gasteiger partial charge in [-0.1, -0.05) is 0 Å². The fraction of sp³-hybridized carbons (Fsp3) is 0.133. The van der Waals surface area contributed by atoms with Crippen molar-refractivity contribution in [2.24, 2.45) is 5.73 Å². The van der Waals surface area contributed by atoms with E-state index in [-0.39, 0.29) is 34.9 Å². The number of carbonyl (C=O) groups excluding carboxylic acids is 3. The van der Waals surface area contributed by atoms with Gasteiger partial charge in [0.2, 0.25) is 0 Å². The van der Waals surface area contributed by atoms with Crippen molar-refractivity contribution in [3.63, 3.8) is 0 Å². The molecule has 2 rings (SSSR count). The number of anilines is 1. The van der Waals surface area contributed by atoms with Crippen molar-refractivity contribution in [2.45, 2.75) is 0 Å². The van der Waals surface area contributed by atoms with E-state index in [1.54, 1.807) is 6.07 Å². The summed E-state index contributed by atoms with van der Waals surface area (Å²) >= 11 is 0. The molecule has 7 heteroatoms. The summed E-state index contributed by atoms with van der Waals surface area (Å²) in [6.45, 7) is -0.212. The molecule has 2 aromatic rings. The minimum Gasteiger partial charge on any atom is -0.465 e. The summed E-state index contributed by atoms with van der Waals surface area (Å²) in [5, 5.41) is 2.55. The number of ketones is 1. The maximum Gasteiger partial charge on any atom is 0.337 e. The first-order chi connectivity index (χ1) is 10.5. The second-order valence-corrected chi connectivity index (χ2v) is 4.35. The van der Waals surface area contributed by atoms with Crippen molar-refractivity contribution in [1.82, 2.24) is 0 Å². The molecule has 0 atom stereocenters. The topological polar surface area (TPSA) is 112 Å². The zero-order valence-electron chi connectivity index (χ0n) is 11.8. The van der Waals surface area contributed by atoms with Crippen LogP contribution in [0.3, 0.4) is 0 Å². The monoisotopic (exact) mass is 302 g/mol. The summed E-state index contributed by atoms with van der Waals surface area (Å²) in [5.41, 5.74) is 5.93. The minimum absolute atomic E-state index is 0.107. The van der Waals surface area contributed by atoms with Crippen LogP contribution in [0, 0.1) is 0 Å². The third-order valence-corrected chi connectivity index (χ3v) is 2.86. The molecular formula is C15H14N2O5. The maximum atomic E-state index is 11.9. The highest BCUT2D eigenvalue weighted by atomic mass is 16.5. The predicted octanol–water partition coefficient (Wildman–Crippen LogP) is 1.46. The van der Waals surface area contributed by atoms with Crippen LogP contribution in [0.25, 0.3) is 0 Å². The first-order valence-electron chi connectivity index (χ1n) is 6.36. The Hall–Kier alpha value is -2.93. The van der Waals surface area contributed by atoms with Crippen LogP contribution in [0.1, 0.15) is 31.3 Å². The van der Waals surface area contributed by atoms with Crippen molar-refractivity contribution in [3.8, 4) is 0 Å². The SMILES string of the molecule is COC(=O)c1cc(NC(=O)c2ccco2)cc(C(=O)CN)c1. The molecule has 1 aromatic heterocycles. The van der Waals surface area contributed by atoms with Crippen LogP contribution < -0.4 is 11.1 Å². The molecule has 0 radical (unpaired) electrons. The zero-order chi connectivity index (χ0) is 16.1. The molecular weight excluding hydrogens is 288 g/mol. The number of ether oxygens (including phenoxy) is 1. The molecule has 1 heterocycles. The van der Waals surface area contributed by atoms with Crippen LogP contribution >= 0.6 is 0 Å². The average Bonchev–Trinajstić information content (AvgIpc) is 3.07. The van der Waals surface area contributed by atoms with E-state index in [1.165, 1.54) is 37.6 Å². The highest BCUT2D eigenvalue weighted by Gasteiger charge is 2.15. The smallest absolute Gasteiger partial charge is 0.337 e. The molecule has 0 aliphatic carbocycles. The first kappa shape index (κ1) is 15.5. The first-order valence-corrected chi connectivity index (χ1v) is 6.36. The highest BCUT2D eigenvalue weighted by Crippen LogP contribution is 2.17. The van der Waals surface area contributed by atoms with Gasteiger partial charge in [-0.2, -0.15) is 0 Å². The molecule has 1 aromatic carbocycles. The normalized spacial score (nSPS) is 10.1. The number of furan rings is 1. The van der Waals surface area contributed by atoms with Crippen LogP contribution in [-0.2, 0) is 4.74 Å². The van der Waals surface area contributed by atoms with Gasteiger partial charge in [0.25, 0.3) is 5.91 Å². The summed E-state index contributed by atoms with van der Waals surface area (Å²) < 4.78 is 9.60. The summed E-state index contributed by atoms with van der Waals surface area (Å²) in [7, 11) is 1.22. The molecule has 0 bridgehead atoms. The molecule has 0 saturated carbocycles. The summed E-state index contributed by atoms with van der Waals surface area (Å²) in [4.78, 5) is 35.3. The van der Waals surface area contributed by atoms with Gasteiger partial charge < -0.3 is 20.2 Å². The fourth-order valence-electron chi connectivity index (χ4n) is 1.81. The van der Waals surface area contributed by atoms with E-state index in [2.05, 4.69) is 10.1 Å². The third kappa shape index (κ3) is 3.39. The largest absolute Gasteiger partial charge is 0.465 e. The second-order valence-electron chi connectivity index (χ2n) is 4.35. The van der Waals surface area contributed by atoms with Gasteiger partial charge in [0.1, 0.15) is 0 Å². The van der Waals surface area contributed by atoms with Gasteiger partial charge in [0.05, 0.1) is 25.5 Å². The summed E-state index contributed by atoms with van der Waals surface area (Å²) in [6.07, 6.45) is 1.36. The Kier molecular flexibility index (Phi) is 4.70. The molecule has 0 saturated heterocycles. The van der Waals surface area contributed by atoms with E-state index < -0.39 is 11.9 Å². The lowest BCUT2D eigenvalue weighted by molar-refractivity contribution is 0.0600. The summed E-state index contributed by atoms with van der Waals surface area (Å²) in [6, 6.07) is 7.26. The Morgan fingerprint density at radius 1 is 1.23 bits per heavy atom. The molecule has 3 N–H and O–H groups in total. The van der Waals surface area contributed by atoms with Crippen molar-refractivity contribution < 1.29 is 23.5 Å². The second kappa shape index (κ2) is 6.68. The number of nitrogens with one attached hydrogen (secondary N) is 1. The lowest BCUT2D eigenvalue weighted by atomic mass is 10.1. The van der Waals surface area contributed by atoms with Gasteiger partial charge in [0, 0.05) is 11.3 Å². The lowest BCUT2D eigenvalue weighted by Gasteiger charge is -2.08. The molecule has 0 spiro atoms. The molecule has 0 unspecified atom stereocenters. The van der Waals surface area contributed by atoms with Crippen LogP contribution in [-0.4, -0.2) is 31.3 Å². The number of nitrogens with two attached hydrogens (primary N) is 1. The molecule has 7 nitrogen and oxygen atoms in total. The van der Waals surface area contributed by atoms with Crippen molar-refractivity contribution >= 4 is 23.3 Å². The summed E-state index contributed by atoms with van der Waals surface area (Å²) in [5.74, 6) is -1.38. The van der Waals surface area contributed by atoms with E-state index in [0.29, 0.717) is 0 Å². The van der Waals surface area contributed by atoms with Crippen LogP contribution in [0.2, 0.25) is 0 Å². The Morgan fingerprint density at radius 2 is 1.95 bits per heavy atom. The third-order valence-electron chi connectivity index (χ3n) is 2.86. The van der Waals surface area contributed by atoms with Gasteiger partial charge >= 0.3 is 5.97 Å². The number of carbonyl (C=O) groups is 3. The molecule has 0 fully saturated rings. The average molecular weight is 302 g/mol. The zero-order valence-corrected chi connectivity index (χ0v) is 11.8. The van der Waals surface area contributed by atoms with E-state index >= 15 is 0 Å². The number of hydrogen-bond donors (Lipinski definition) is 2. The predicted molar refractivity (Wildman–Crippen MR) is 77.8 cm³/mol. The van der Waals surface area contributed by atoms with E-state index in [9.17, 15) is 14.4 Å². The molecule has 0 aliphatic rings. The standard InChI is InChI=1S/C15H14N2O5/c1-21-15(20)10-5-9(12(18)8-16)6-11(7-10)17-14(19)13-3-2-4-22-13/h2-7H,8,16H2,1H3,(H,17,19). The van der Waals surface area contributed by atoms with Gasteiger partial charge in [-0.15, -0.1) is 0 Å². The lowest BCUT2D eigenvalue weighted by Crippen LogP contribution is -2.16. The van der Waals surface area contributed by atoms with E-state index in [1.807, 2.05) is 0 Å². The number of rotatable bonds is 5. The highest BCUT2D eigenvalue weighted by molar-refractivity contribution is 6.05.